The summed E-state index contributed by atoms with van der Waals surface area (Å²) in [6.45, 7) is 8.07. The van der Waals surface area contributed by atoms with Crippen molar-refractivity contribution < 1.29 is 13.2 Å². The van der Waals surface area contributed by atoms with Crippen LogP contribution in [0.2, 0.25) is 0 Å². The average molecular weight is 495 g/mol. The van der Waals surface area contributed by atoms with Gasteiger partial charge in [0.15, 0.2) is 15.8 Å². The smallest absolute Gasteiger partial charge is 0.194 e. The van der Waals surface area contributed by atoms with Gasteiger partial charge in [-0.3, -0.25) is 0 Å². The molecule has 0 saturated carbocycles. The molecule has 0 amide bonds. The molecule has 1 saturated heterocycles. The van der Waals surface area contributed by atoms with Gasteiger partial charge in [0.25, 0.3) is 0 Å². The summed E-state index contributed by atoms with van der Waals surface area (Å²) in [6, 6.07) is 6.93. The number of likely N-dealkylation sites (tertiary alicyclic amines) is 1. The van der Waals surface area contributed by atoms with Crippen LogP contribution in [0.25, 0.3) is 0 Å². The van der Waals surface area contributed by atoms with Crippen molar-refractivity contribution in [2.45, 2.75) is 44.2 Å². The molecule has 1 heterocycles. The topological polar surface area (TPSA) is 71.0 Å². The van der Waals surface area contributed by atoms with Crippen molar-refractivity contribution in [3.63, 3.8) is 0 Å². The molecule has 0 unspecified atom stereocenters. The molecule has 0 aromatic heterocycles. The first-order valence-corrected chi connectivity index (χ1v) is 10.8. The minimum Gasteiger partial charge on any atom is -0.378 e. The van der Waals surface area contributed by atoms with Gasteiger partial charge < -0.3 is 15.0 Å². The zero-order chi connectivity index (χ0) is 18.3. The Bertz CT molecular complexity index is 669. The molecule has 1 aliphatic rings. The maximum atomic E-state index is 11.5. The third kappa shape index (κ3) is 7.03. The van der Waals surface area contributed by atoms with E-state index in [1.807, 2.05) is 19.1 Å². The predicted octanol–water partition coefficient (Wildman–Crippen LogP) is 2.67. The molecule has 1 aromatic carbocycles. The molecule has 0 radical (unpaired) electrons. The van der Waals surface area contributed by atoms with Gasteiger partial charge in [-0.05, 0) is 44.4 Å². The van der Waals surface area contributed by atoms with Gasteiger partial charge in [-0.1, -0.05) is 12.1 Å². The number of aliphatic imine (C=N–C) groups is 1. The van der Waals surface area contributed by atoms with Crippen molar-refractivity contribution in [2.75, 3.05) is 32.5 Å². The van der Waals surface area contributed by atoms with E-state index in [4.69, 9.17) is 9.73 Å². The van der Waals surface area contributed by atoms with Crippen molar-refractivity contribution in [3.8, 4) is 0 Å². The van der Waals surface area contributed by atoms with Crippen molar-refractivity contribution in [1.29, 1.82) is 0 Å². The normalized spacial score (nSPS) is 16.3. The molecule has 0 aliphatic carbocycles. The van der Waals surface area contributed by atoms with E-state index < -0.39 is 9.84 Å². The van der Waals surface area contributed by atoms with Gasteiger partial charge in [0.1, 0.15) is 0 Å². The number of halogens is 1. The highest BCUT2D eigenvalue weighted by Crippen LogP contribution is 2.15. The molecular weight excluding hydrogens is 465 g/mol. The molecule has 1 fully saturated rings. The Morgan fingerprint density at radius 3 is 2.35 bits per heavy atom. The van der Waals surface area contributed by atoms with Crippen LogP contribution in [0.15, 0.2) is 34.2 Å². The number of rotatable bonds is 6. The van der Waals surface area contributed by atoms with E-state index in [0.29, 0.717) is 17.5 Å². The van der Waals surface area contributed by atoms with Crippen LogP contribution in [0.5, 0.6) is 0 Å². The fourth-order valence-electron chi connectivity index (χ4n) is 2.90. The summed E-state index contributed by atoms with van der Waals surface area (Å²) in [7, 11) is -3.15. The number of hydrogen-bond donors (Lipinski definition) is 1. The monoisotopic (exact) mass is 495 g/mol. The van der Waals surface area contributed by atoms with E-state index in [1.54, 1.807) is 12.1 Å². The first kappa shape index (κ1) is 23.2. The Morgan fingerprint density at radius 2 is 1.85 bits per heavy atom. The second kappa shape index (κ2) is 11.1. The molecule has 1 aromatic rings. The lowest BCUT2D eigenvalue weighted by Gasteiger charge is -2.34. The van der Waals surface area contributed by atoms with E-state index in [9.17, 15) is 8.42 Å². The maximum absolute atomic E-state index is 11.5. The van der Waals surface area contributed by atoms with Gasteiger partial charge in [-0.15, -0.1) is 24.0 Å². The highest BCUT2D eigenvalue weighted by atomic mass is 127. The Morgan fingerprint density at radius 1 is 1.23 bits per heavy atom. The molecule has 2 rings (SSSR count). The average Bonchev–Trinajstić information content (AvgIpc) is 2.59. The van der Waals surface area contributed by atoms with Gasteiger partial charge in [-0.25, -0.2) is 13.4 Å². The van der Waals surface area contributed by atoms with E-state index in [2.05, 4.69) is 17.1 Å². The Balaban J connectivity index is 0.00000338. The fraction of sp³-hybridized carbons (Fsp3) is 0.611. The number of nitrogens with one attached hydrogen (secondary N) is 1. The van der Waals surface area contributed by atoms with Gasteiger partial charge in [0, 0.05) is 32.5 Å². The van der Waals surface area contributed by atoms with E-state index in [-0.39, 0.29) is 24.0 Å². The number of sulfone groups is 1. The van der Waals surface area contributed by atoms with Crippen molar-refractivity contribution in [1.82, 2.24) is 10.2 Å². The van der Waals surface area contributed by atoms with Crippen LogP contribution in [-0.2, 0) is 21.1 Å². The molecule has 1 N–H and O–H groups in total. The third-order valence-corrected chi connectivity index (χ3v) is 5.37. The largest absolute Gasteiger partial charge is 0.378 e. The molecule has 148 valence electrons. The Labute approximate surface area is 174 Å². The summed E-state index contributed by atoms with van der Waals surface area (Å²) < 4.78 is 28.7. The van der Waals surface area contributed by atoms with E-state index in [0.717, 1.165) is 50.6 Å². The summed E-state index contributed by atoms with van der Waals surface area (Å²) in [5, 5.41) is 3.34. The minimum atomic E-state index is -3.15. The standard InChI is InChI=1S/C18H29N3O3S.HI/c1-4-19-18(21-12-10-16(11-13-21)24-5-2)20-14-15-6-8-17(9-7-15)25(3,22)23;/h6-9,16H,4-5,10-14H2,1-3H3,(H,19,20);1H. The lowest BCUT2D eigenvalue weighted by atomic mass is 10.1. The second-order valence-electron chi connectivity index (χ2n) is 6.23. The summed E-state index contributed by atoms with van der Waals surface area (Å²) in [5.41, 5.74) is 0.993. The molecule has 0 bridgehead atoms. The first-order chi connectivity index (χ1) is 11.9. The number of ether oxygens (including phenoxy) is 1. The van der Waals surface area contributed by atoms with Gasteiger partial charge in [0.2, 0.25) is 0 Å². The van der Waals surface area contributed by atoms with Crippen LogP contribution >= 0.6 is 24.0 Å². The van der Waals surface area contributed by atoms with Crippen LogP contribution in [0.4, 0.5) is 0 Å². The first-order valence-electron chi connectivity index (χ1n) is 8.88. The Hall–Kier alpha value is -0.870. The van der Waals surface area contributed by atoms with Gasteiger partial charge in [-0.2, -0.15) is 0 Å². The minimum absolute atomic E-state index is 0. The summed E-state index contributed by atoms with van der Waals surface area (Å²) >= 11 is 0. The van der Waals surface area contributed by atoms with Gasteiger partial charge >= 0.3 is 0 Å². The number of hydrogen-bond acceptors (Lipinski definition) is 4. The lowest BCUT2D eigenvalue weighted by Crippen LogP contribution is -2.47. The van der Waals surface area contributed by atoms with Crippen molar-refractivity contribution in [2.24, 2.45) is 4.99 Å². The third-order valence-electron chi connectivity index (χ3n) is 4.24. The molecule has 6 nitrogen and oxygen atoms in total. The molecule has 0 spiro atoms. The van der Waals surface area contributed by atoms with Crippen molar-refractivity contribution in [3.05, 3.63) is 29.8 Å². The van der Waals surface area contributed by atoms with E-state index in [1.165, 1.54) is 6.26 Å². The molecule has 1 aliphatic heterocycles. The van der Waals surface area contributed by atoms with Crippen LogP contribution in [0, 0.1) is 0 Å². The quantitative estimate of drug-likeness (QED) is 0.374. The highest BCUT2D eigenvalue weighted by molar-refractivity contribution is 14.0. The number of benzene rings is 1. The second-order valence-corrected chi connectivity index (χ2v) is 8.24. The summed E-state index contributed by atoms with van der Waals surface area (Å²) in [4.78, 5) is 7.32. The maximum Gasteiger partial charge on any atom is 0.194 e. The predicted molar refractivity (Wildman–Crippen MR) is 116 cm³/mol. The zero-order valence-electron chi connectivity index (χ0n) is 15.8. The van der Waals surface area contributed by atoms with Crippen molar-refractivity contribution >= 4 is 39.8 Å². The summed E-state index contributed by atoms with van der Waals surface area (Å²) in [6.07, 6.45) is 3.60. The molecular formula is C18H30IN3O3S. The molecule has 26 heavy (non-hydrogen) atoms. The van der Waals surface area contributed by atoms with Crippen LogP contribution < -0.4 is 5.32 Å². The number of nitrogens with zero attached hydrogens (tertiary/aromatic N) is 2. The SMILES string of the molecule is CCNC(=NCc1ccc(S(C)(=O)=O)cc1)N1CCC(OCC)CC1.I. The van der Waals surface area contributed by atoms with Crippen LogP contribution in [0.3, 0.4) is 0 Å². The zero-order valence-corrected chi connectivity index (χ0v) is 18.9. The number of piperidine rings is 1. The van der Waals surface area contributed by atoms with Crippen LogP contribution in [0.1, 0.15) is 32.3 Å². The molecule has 8 heteroatoms. The van der Waals surface area contributed by atoms with Crippen LogP contribution in [-0.4, -0.2) is 57.9 Å². The summed E-state index contributed by atoms with van der Waals surface area (Å²) in [5.74, 6) is 0.907. The fourth-order valence-corrected chi connectivity index (χ4v) is 3.53. The highest BCUT2D eigenvalue weighted by Gasteiger charge is 2.21. The lowest BCUT2D eigenvalue weighted by molar-refractivity contribution is 0.0263. The number of guanidine groups is 1. The molecule has 0 atom stereocenters. The van der Waals surface area contributed by atoms with E-state index >= 15 is 0 Å². The Kier molecular flexibility index (Phi) is 9.88. The van der Waals surface area contributed by atoms with Gasteiger partial charge in [0.05, 0.1) is 17.5 Å².